The average Bonchev–Trinajstić information content (AvgIpc) is 2.55. The summed E-state index contributed by atoms with van der Waals surface area (Å²) in [4.78, 5) is 0. The van der Waals surface area contributed by atoms with Crippen molar-refractivity contribution in [3.63, 3.8) is 0 Å². The number of phenols is 2. The second-order valence-corrected chi connectivity index (χ2v) is 6.03. The zero-order valence-corrected chi connectivity index (χ0v) is 12.8. The van der Waals surface area contributed by atoms with E-state index < -0.39 is 0 Å². The van der Waals surface area contributed by atoms with Crippen LogP contribution in [0.5, 0.6) is 11.5 Å². The SMILES string of the molecule is COC1C(c2ccc(O)cc2)CCCC1c1ccc(O)cc1. The van der Waals surface area contributed by atoms with Crippen molar-refractivity contribution in [3.05, 3.63) is 59.7 Å². The fourth-order valence-electron chi connectivity index (χ4n) is 3.65. The van der Waals surface area contributed by atoms with Crippen LogP contribution in [0.25, 0.3) is 0 Å². The van der Waals surface area contributed by atoms with Gasteiger partial charge in [0.25, 0.3) is 0 Å². The molecule has 0 aliphatic heterocycles. The number of aromatic hydroxyl groups is 2. The van der Waals surface area contributed by atoms with E-state index in [-0.39, 0.29) is 6.10 Å². The topological polar surface area (TPSA) is 49.7 Å². The monoisotopic (exact) mass is 298 g/mol. The van der Waals surface area contributed by atoms with E-state index in [0.29, 0.717) is 23.3 Å². The average molecular weight is 298 g/mol. The second-order valence-electron chi connectivity index (χ2n) is 6.03. The second kappa shape index (κ2) is 6.41. The largest absolute Gasteiger partial charge is 0.508 e. The van der Waals surface area contributed by atoms with Crippen molar-refractivity contribution in [3.8, 4) is 11.5 Å². The number of methoxy groups -OCH3 is 1. The zero-order chi connectivity index (χ0) is 15.5. The highest BCUT2D eigenvalue weighted by molar-refractivity contribution is 5.33. The van der Waals surface area contributed by atoms with Crippen LogP contribution in [0.2, 0.25) is 0 Å². The van der Waals surface area contributed by atoms with E-state index in [0.717, 1.165) is 19.3 Å². The molecule has 2 N–H and O–H groups in total. The van der Waals surface area contributed by atoms with Crippen LogP contribution in [-0.2, 0) is 4.74 Å². The van der Waals surface area contributed by atoms with Crippen LogP contribution in [0, 0.1) is 0 Å². The zero-order valence-electron chi connectivity index (χ0n) is 12.8. The van der Waals surface area contributed by atoms with Crippen LogP contribution < -0.4 is 0 Å². The number of hydrogen-bond acceptors (Lipinski definition) is 3. The van der Waals surface area contributed by atoms with Gasteiger partial charge in [-0.15, -0.1) is 0 Å². The summed E-state index contributed by atoms with van der Waals surface area (Å²) in [7, 11) is 1.77. The van der Waals surface area contributed by atoms with Gasteiger partial charge >= 0.3 is 0 Å². The van der Waals surface area contributed by atoms with Gasteiger partial charge in [-0.1, -0.05) is 30.7 Å². The highest BCUT2D eigenvalue weighted by atomic mass is 16.5. The van der Waals surface area contributed by atoms with Crippen molar-refractivity contribution in [2.45, 2.75) is 37.2 Å². The van der Waals surface area contributed by atoms with Crippen LogP contribution in [0.15, 0.2) is 48.5 Å². The molecule has 1 aliphatic carbocycles. The molecule has 0 radical (unpaired) electrons. The first-order valence-corrected chi connectivity index (χ1v) is 7.79. The lowest BCUT2D eigenvalue weighted by Crippen LogP contribution is -2.32. The highest BCUT2D eigenvalue weighted by Crippen LogP contribution is 2.43. The van der Waals surface area contributed by atoms with Gasteiger partial charge in [-0.05, 0) is 48.2 Å². The number of phenolic OH excluding ortho intramolecular Hbond substituents is 2. The predicted molar refractivity (Wildman–Crippen MR) is 86.3 cm³/mol. The van der Waals surface area contributed by atoms with Crippen molar-refractivity contribution < 1.29 is 14.9 Å². The standard InChI is InChI=1S/C19H22O3/c1-22-19-17(13-5-9-15(20)10-6-13)3-2-4-18(19)14-7-11-16(21)12-8-14/h5-12,17-21H,2-4H2,1H3. The van der Waals surface area contributed by atoms with Gasteiger partial charge in [-0.2, -0.15) is 0 Å². The molecule has 0 aromatic heterocycles. The Kier molecular flexibility index (Phi) is 4.34. The lowest BCUT2D eigenvalue weighted by molar-refractivity contribution is 0.0341. The molecular formula is C19H22O3. The summed E-state index contributed by atoms with van der Waals surface area (Å²) in [6.45, 7) is 0. The lowest BCUT2D eigenvalue weighted by Gasteiger charge is -2.38. The maximum Gasteiger partial charge on any atom is 0.115 e. The summed E-state index contributed by atoms with van der Waals surface area (Å²) >= 11 is 0. The predicted octanol–water partition coefficient (Wildman–Crippen LogP) is 4.16. The van der Waals surface area contributed by atoms with E-state index >= 15 is 0 Å². The molecule has 2 aromatic carbocycles. The first kappa shape index (κ1) is 14.9. The van der Waals surface area contributed by atoms with Crippen molar-refractivity contribution >= 4 is 0 Å². The maximum absolute atomic E-state index is 9.48. The minimum atomic E-state index is 0.114. The number of ether oxygens (including phenoxy) is 1. The third kappa shape index (κ3) is 2.95. The molecule has 0 amide bonds. The Morgan fingerprint density at radius 1 is 0.773 bits per heavy atom. The molecule has 116 valence electrons. The fourth-order valence-corrected chi connectivity index (χ4v) is 3.65. The van der Waals surface area contributed by atoms with Crippen molar-refractivity contribution in [1.82, 2.24) is 0 Å². The number of benzene rings is 2. The molecule has 1 aliphatic rings. The summed E-state index contributed by atoms with van der Waals surface area (Å²) in [6, 6.07) is 14.9. The van der Waals surface area contributed by atoms with Gasteiger partial charge in [0.1, 0.15) is 11.5 Å². The number of hydrogen-bond donors (Lipinski definition) is 2. The van der Waals surface area contributed by atoms with Crippen LogP contribution in [0.3, 0.4) is 0 Å². The van der Waals surface area contributed by atoms with Crippen LogP contribution >= 0.6 is 0 Å². The highest BCUT2D eigenvalue weighted by Gasteiger charge is 2.35. The maximum atomic E-state index is 9.48. The minimum absolute atomic E-state index is 0.114. The van der Waals surface area contributed by atoms with Gasteiger partial charge in [0.2, 0.25) is 0 Å². The quantitative estimate of drug-likeness (QED) is 0.894. The smallest absolute Gasteiger partial charge is 0.115 e. The number of rotatable bonds is 3. The van der Waals surface area contributed by atoms with Crippen LogP contribution in [-0.4, -0.2) is 23.4 Å². The molecular weight excluding hydrogens is 276 g/mol. The summed E-state index contributed by atoms with van der Waals surface area (Å²) in [6.07, 6.45) is 3.45. The molecule has 0 spiro atoms. The third-order valence-corrected chi connectivity index (χ3v) is 4.74. The van der Waals surface area contributed by atoms with Gasteiger partial charge < -0.3 is 14.9 Å². The lowest BCUT2D eigenvalue weighted by atomic mass is 9.73. The molecule has 1 fully saturated rings. The molecule has 0 saturated heterocycles. The molecule has 3 heteroatoms. The Morgan fingerprint density at radius 2 is 1.18 bits per heavy atom. The van der Waals surface area contributed by atoms with Gasteiger partial charge in [-0.3, -0.25) is 0 Å². The molecule has 1 saturated carbocycles. The summed E-state index contributed by atoms with van der Waals surface area (Å²) in [5.74, 6) is 1.25. The van der Waals surface area contributed by atoms with E-state index in [1.807, 2.05) is 24.3 Å². The van der Waals surface area contributed by atoms with Crippen molar-refractivity contribution in [1.29, 1.82) is 0 Å². The van der Waals surface area contributed by atoms with Crippen molar-refractivity contribution in [2.24, 2.45) is 0 Å². The molecule has 0 bridgehead atoms. The Bertz CT molecular complexity index is 550. The van der Waals surface area contributed by atoms with Gasteiger partial charge in [0.05, 0.1) is 6.10 Å². The Balaban J connectivity index is 1.89. The Morgan fingerprint density at radius 3 is 1.55 bits per heavy atom. The van der Waals surface area contributed by atoms with E-state index in [1.54, 1.807) is 31.4 Å². The molecule has 22 heavy (non-hydrogen) atoms. The van der Waals surface area contributed by atoms with Gasteiger partial charge in [0, 0.05) is 18.9 Å². The van der Waals surface area contributed by atoms with E-state index in [9.17, 15) is 10.2 Å². The Hall–Kier alpha value is -2.00. The molecule has 0 heterocycles. The molecule has 3 rings (SSSR count). The summed E-state index contributed by atoms with van der Waals surface area (Å²) in [5, 5.41) is 19.0. The minimum Gasteiger partial charge on any atom is -0.508 e. The van der Waals surface area contributed by atoms with Crippen molar-refractivity contribution in [2.75, 3.05) is 7.11 Å². The van der Waals surface area contributed by atoms with E-state index in [4.69, 9.17) is 4.74 Å². The Labute approximate surface area is 131 Å². The molecule has 3 nitrogen and oxygen atoms in total. The first-order chi connectivity index (χ1) is 10.7. The summed E-state index contributed by atoms with van der Waals surface area (Å²) in [5.41, 5.74) is 2.43. The first-order valence-electron chi connectivity index (χ1n) is 7.79. The van der Waals surface area contributed by atoms with E-state index in [1.165, 1.54) is 11.1 Å². The molecule has 2 unspecified atom stereocenters. The van der Waals surface area contributed by atoms with E-state index in [2.05, 4.69) is 0 Å². The fraction of sp³-hybridized carbons (Fsp3) is 0.368. The van der Waals surface area contributed by atoms with Gasteiger partial charge in [-0.25, -0.2) is 0 Å². The van der Waals surface area contributed by atoms with Crippen LogP contribution in [0.4, 0.5) is 0 Å². The normalized spacial score (nSPS) is 25.0. The third-order valence-electron chi connectivity index (χ3n) is 4.74. The van der Waals surface area contributed by atoms with Crippen LogP contribution in [0.1, 0.15) is 42.2 Å². The summed E-state index contributed by atoms with van der Waals surface area (Å²) < 4.78 is 5.86. The van der Waals surface area contributed by atoms with Gasteiger partial charge in [0.15, 0.2) is 0 Å². The molecule has 2 atom stereocenters. The molecule has 2 aromatic rings.